The van der Waals surface area contributed by atoms with Crippen LogP contribution >= 0.6 is 0 Å². The van der Waals surface area contributed by atoms with Gasteiger partial charge in [-0.2, -0.15) is 0 Å². The fourth-order valence-electron chi connectivity index (χ4n) is 5.12. The largest absolute Gasteiger partial charge is 0.493 e. The maximum absolute atomic E-state index is 13.3. The molecular formula is C34H54N2O5. The molecule has 0 bridgehead atoms. The fraction of sp³-hybridized carbons (Fsp3) is 0.618. The SMILES string of the molecule is COCCCOc1cc(C[C@@H](C[C@H](N)[C@@H](O)C[C@H](C(=O)N[C@@H](C)c2ccc(C)cc2)C(C)C)C(C)C)ccc1OC. The van der Waals surface area contributed by atoms with Crippen LogP contribution in [0.5, 0.6) is 11.5 Å². The van der Waals surface area contributed by atoms with Gasteiger partial charge >= 0.3 is 0 Å². The van der Waals surface area contributed by atoms with Gasteiger partial charge in [0.25, 0.3) is 0 Å². The molecule has 7 nitrogen and oxygen atoms in total. The highest BCUT2D eigenvalue weighted by atomic mass is 16.5. The van der Waals surface area contributed by atoms with Crippen molar-refractivity contribution in [2.75, 3.05) is 27.4 Å². The standard InChI is InChI=1S/C34H54N2O5/c1-22(2)28(18-26-12-15-32(40-8)33(19-26)41-17-9-16-39-7)20-30(35)31(37)21-29(23(3)4)34(38)36-25(6)27-13-10-24(5)11-14-27/h10-15,19,22-23,25,28-31,37H,9,16-18,20-21,35H2,1-8H3,(H,36,38)/t25-,28-,29-,30-,31-/m0/s1. The van der Waals surface area contributed by atoms with E-state index >= 15 is 0 Å². The molecule has 4 N–H and O–H groups in total. The van der Waals surface area contributed by atoms with E-state index < -0.39 is 12.1 Å². The molecule has 0 aliphatic heterocycles. The Balaban J connectivity index is 2.03. The maximum atomic E-state index is 13.3. The van der Waals surface area contributed by atoms with E-state index in [0.717, 1.165) is 29.7 Å². The number of hydrogen-bond donors (Lipinski definition) is 3. The van der Waals surface area contributed by atoms with E-state index in [-0.39, 0.29) is 29.7 Å². The topological polar surface area (TPSA) is 103 Å². The predicted octanol–water partition coefficient (Wildman–Crippen LogP) is 5.85. The normalized spacial score (nSPS) is 15.3. The molecule has 0 unspecified atom stereocenters. The van der Waals surface area contributed by atoms with Crippen LogP contribution in [0, 0.1) is 30.6 Å². The summed E-state index contributed by atoms with van der Waals surface area (Å²) >= 11 is 0. The molecule has 2 aromatic carbocycles. The van der Waals surface area contributed by atoms with Crippen molar-refractivity contribution in [1.29, 1.82) is 0 Å². The molecule has 230 valence electrons. The van der Waals surface area contributed by atoms with Crippen LogP contribution in [-0.4, -0.2) is 50.6 Å². The van der Waals surface area contributed by atoms with Gasteiger partial charge in [0, 0.05) is 32.1 Å². The Labute approximate surface area is 248 Å². The molecule has 0 saturated carbocycles. The van der Waals surface area contributed by atoms with E-state index in [1.54, 1.807) is 14.2 Å². The number of nitrogens with two attached hydrogens (primary N) is 1. The van der Waals surface area contributed by atoms with Gasteiger partial charge in [0.2, 0.25) is 5.91 Å². The number of ether oxygens (including phenoxy) is 3. The highest BCUT2D eigenvalue weighted by Gasteiger charge is 2.30. The van der Waals surface area contributed by atoms with Crippen LogP contribution in [0.15, 0.2) is 42.5 Å². The number of rotatable bonds is 18. The molecule has 0 radical (unpaired) electrons. The summed E-state index contributed by atoms with van der Waals surface area (Å²) in [7, 11) is 3.32. The van der Waals surface area contributed by atoms with Gasteiger partial charge in [-0.05, 0) is 74.1 Å². The number of aliphatic hydroxyl groups is 1. The Morgan fingerprint density at radius 1 is 0.927 bits per heavy atom. The molecule has 2 aromatic rings. The molecular weight excluding hydrogens is 516 g/mol. The van der Waals surface area contributed by atoms with Gasteiger partial charge in [0.1, 0.15) is 0 Å². The van der Waals surface area contributed by atoms with Gasteiger partial charge in [0.15, 0.2) is 11.5 Å². The first kappa shape index (κ1) is 34.6. The molecule has 0 spiro atoms. The van der Waals surface area contributed by atoms with E-state index in [4.69, 9.17) is 19.9 Å². The Bertz CT molecular complexity index is 1040. The maximum Gasteiger partial charge on any atom is 0.223 e. The van der Waals surface area contributed by atoms with Gasteiger partial charge in [-0.15, -0.1) is 0 Å². The number of aliphatic hydroxyl groups excluding tert-OH is 1. The van der Waals surface area contributed by atoms with Crippen LogP contribution in [0.1, 0.15) is 76.6 Å². The summed E-state index contributed by atoms with van der Waals surface area (Å²) in [6, 6.07) is 13.7. The number of benzene rings is 2. The Morgan fingerprint density at radius 2 is 1.61 bits per heavy atom. The molecule has 0 heterocycles. The fourth-order valence-corrected chi connectivity index (χ4v) is 5.12. The van der Waals surface area contributed by atoms with E-state index in [9.17, 15) is 9.90 Å². The van der Waals surface area contributed by atoms with Gasteiger partial charge in [-0.1, -0.05) is 63.6 Å². The number of carbonyl (C=O) groups is 1. The van der Waals surface area contributed by atoms with Crippen LogP contribution in [0.4, 0.5) is 0 Å². The minimum atomic E-state index is -0.778. The second-order valence-corrected chi connectivity index (χ2v) is 12.1. The van der Waals surface area contributed by atoms with Crippen molar-refractivity contribution in [2.45, 2.75) is 85.4 Å². The minimum Gasteiger partial charge on any atom is -0.493 e. The molecule has 0 fully saturated rings. The molecule has 0 saturated heterocycles. The van der Waals surface area contributed by atoms with Gasteiger partial charge in [-0.25, -0.2) is 0 Å². The van der Waals surface area contributed by atoms with Crippen molar-refractivity contribution in [3.05, 3.63) is 59.2 Å². The summed E-state index contributed by atoms with van der Waals surface area (Å²) in [5.74, 6) is 1.73. The van der Waals surface area contributed by atoms with Gasteiger partial charge in [0.05, 0.1) is 25.9 Å². The second kappa shape index (κ2) is 17.4. The van der Waals surface area contributed by atoms with E-state index in [2.05, 4.69) is 37.4 Å². The van der Waals surface area contributed by atoms with Crippen molar-refractivity contribution < 1.29 is 24.1 Å². The summed E-state index contributed by atoms with van der Waals surface area (Å²) in [5.41, 5.74) is 9.98. The molecule has 1 amide bonds. The average Bonchev–Trinajstić information content (AvgIpc) is 2.93. The minimum absolute atomic E-state index is 0.0454. The Hall–Kier alpha value is -2.61. The molecule has 2 rings (SSSR count). The van der Waals surface area contributed by atoms with Crippen LogP contribution in [0.3, 0.4) is 0 Å². The third-order valence-corrected chi connectivity index (χ3v) is 8.06. The molecule has 7 heteroatoms. The zero-order valence-corrected chi connectivity index (χ0v) is 26.5. The zero-order chi connectivity index (χ0) is 30.5. The Kier molecular flexibility index (Phi) is 14.7. The highest BCUT2D eigenvalue weighted by Crippen LogP contribution is 2.32. The van der Waals surface area contributed by atoms with Crippen molar-refractivity contribution >= 4 is 5.91 Å². The quantitative estimate of drug-likeness (QED) is 0.194. The van der Waals surface area contributed by atoms with Crippen LogP contribution in [0.2, 0.25) is 0 Å². The molecule has 0 aromatic heterocycles. The van der Waals surface area contributed by atoms with Gasteiger partial charge in [-0.3, -0.25) is 4.79 Å². The molecule has 0 aliphatic carbocycles. The summed E-state index contributed by atoms with van der Waals surface area (Å²) in [6.07, 6.45) is 1.81. The van der Waals surface area contributed by atoms with Crippen molar-refractivity contribution in [2.24, 2.45) is 29.4 Å². The number of hydrogen-bond acceptors (Lipinski definition) is 6. The van der Waals surface area contributed by atoms with E-state index in [1.165, 1.54) is 5.56 Å². The summed E-state index contributed by atoms with van der Waals surface area (Å²) in [5, 5.41) is 14.3. The highest BCUT2D eigenvalue weighted by molar-refractivity contribution is 5.79. The van der Waals surface area contributed by atoms with Crippen LogP contribution in [-0.2, 0) is 16.0 Å². The molecule has 0 aliphatic rings. The van der Waals surface area contributed by atoms with Crippen LogP contribution in [0.25, 0.3) is 0 Å². The van der Waals surface area contributed by atoms with Gasteiger partial charge < -0.3 is 30.4 Å². The lowest BCUT2D eigenvalue weighted by molar-refractivity contribution is -0.128. The first-order chi connectivity index (χ1) is 19.5. The number of methoxy groups -OCH3 is 2. The first-order valence-corrected chi connectivity index (χ1v) is 15.1. The number of amides is 1. The van der Waals surface area contributed by atoms with Crippen LogP contribution < -0.4 is 20.5 Å². The van der Waals surface area contributed by atoms with Crippen molar-refractivity contribution in [1.82, 2.24) is 5.32 Å². The first-order valence-electron chi connectivity index (χ1n) is 15.1. The lowest BCUT2D eigenvalue weighted by Crippen LogP contribution is -2.43. The third-order valence-electron chi connectivity index (χ3n) is 8.06. The monoisotopic (exact) mass is 570 g/mol. The lowest BCUT2D eigenvalue weighted by atomic mass is 9.80. The summed E-state index contributed by atoms with van der Waals surface area (Å²) in [6.45, 7) is 13.6. The number of aryl methyl sites for hydroxylation is 1. The lowest BCUT2D eigenvalue weighted by Gasteiger charge is -2.30. The molecule has 5 atom stereocenters. The third kappa shape index (κ3) is 11.3. The predicted molar refractivity (Wildman–Crippen MR) is 166 cm³/mol. The zero-order valence-electron chi connectivity index (χ0n) is 26.5. The number of nitrogens with one attached hydrogen (secondary N) is 1. The van der Waals surface area contributed by atoms with E-state index in [1.807, 2.05) is 52.0 Å². The van der Waals surface area contributed by atoms with Crippen molar-refractivity contribution in [3.8, 4) is 11.5 Å². The Morgan fingerprint density at radius 3 is 2.20 bits per heavy atom. The summed E-state index contributed by atoms with van der Waals surface area (Å²) < 4.78 is 16.6. The average molecular weight is 571 g/mol. The number of carbonyl (C=O) groups excluding carboxylic acids is 1. The second-order valence-electron chi connectivity index (χ2n) is 12.1. The smallest absolute Gasteiger partial charge is 0.223 e. The van der Waals surface area contributed by atoms with E-state index in [0.29, 0.717) is 37.7 Å². The molecule has 41 heavy (non-hydrogen) atoms. The summed E-state index contributed by atoms with van der Waals surface area (Å²) in [4.78, 5) is 13.3. The van der Waals surface area contributed by atoms with Crippen molar-refractivity contribution in [3.63, 3.8) is 0 Å².